The number of aryl methyl sites for hydroxylation is 4. The maximum Gasteiger partial charge on any atom is 0.321 e. The van der Waals surface area contributed by atoms with Crippen molar-refractivity contribution in [2.45, 2.75) is 112 Å². The molecule has 9 N–H and O–H groups in total. The van der Waals surface area contributed by atoms with Gasteiger partial charge >= 0.3 is 5.97 Å². The first-order valence-corrected chi connectivity index (χ1v) is 27.2. The number of thioether (sulfide) groups is 1. The zero-order chi connectivity index (χ0) is 59.1. The minimum absolute atomic E-state index is 0.0210. The zero-order valence-corrected chi connectivity index (χ0v) is 47.5. The van der Waals surface area contributed by atoms with Crippen molar-refractivity contribution in [2.75, 3.05) is 50.2 Å². The molecule has 1 saturated heterocycles. The number of amides is 7. The van der Waals surface area contributed by atoms with Gasteiger partial charge in [0.1, 0.15) is 40.0 Å². The molecule has 2 aromatic carbocycles. The van der Waals surface area contributed by atoms with Gasteiger partial charge < -0.3 is 45.8 Å². The molecule has 1 aliphatic rings. The summed E-state index contributed by atoms with van der Waals surface area (Å²) in [5.41, 5.74) is 20.4. The minimum Gasteiger partial charge on any atom is -0.494 e. The molecular formula is C53H71N15O11S. The summed E-state index contributed by atoms with van der Waals surface area (Å²) in [5, 5.41) is 22.9. The molecule has 0 aliphatic carbocycles. The molecule has 7 amide bonds. The van der Waals surface area contributed by atoms with Crippen molar-refractivity contribution in [3.8, 4) is 11.5 Å². The number of anilines is 2. The lowest BCUT2D eigenvalue weighted by atomic mass is 10.1. The smallest absolute Gasteiger partial charge is 0.321 e. The molecule has 26 nitrogen and oxygen atoms in total. The summed E-state index contributed by atoms with van der Waals surface area (Å²) in [6.45, 7) is 16.3. The van der Waals surface area contributed by atoms with Crippen LogP contribution in [0.2, 0.25) is 0 Å². The molecule has 0 saturated carbocycles. The third kappa shape index (κ3) is 14.6. The Labute approximate surface area is 466 Å². The number of aliphatic carboxylic acids is 1. The number of carboxylic acids is 1. The van der Waals surface area contributed by atoms with E-state index in [1.165, 1.54) is 36.3 Å². The topological polar surface area (TPSA) is 355 Å². The molecule has 0 bridgehead atoms. The molecule has 0 spiro atoms. The van der Waals surface area contributed by atoms with Crippen molar-refractivity contribution >= 4 is 93.0 Å². The second-order valence-electron chi connectivity index (χ2n) is 17.7. The molecule has 2 unspecified atom stereocenters. The molecule has 2 atom stereocenters. The Morgan fingerprint density at radius 2 is 1.29 bits per heavy atom. The molecule has 430 valence electrons. The summed E-state index contributed by atoms with van der Waals surface area (Å²) < 4.78 is 18.5. The molecule has 1 aliphatic heterocycles. The van der Waals surface area contributed by atoms with Gasteiger partial charge in [-0.2, -0.15) is 10.2 Å². The Balaban J connectivity index is 0.00000287. The number of hydrogen-bond donors (Lipinski definition) is 6. The number of methoxy groups -OCH3 is 1. The number of carbonyl (C=O) groups excluding carboxylic acids is 7. The van der Waals surface area contributed by atoms with Gasteiger partial charge in [-0.15, -0.1) is 11.8 Å². The zero-order valence-electron chi connectivity index (χ0n) is 46.7. The molecule has 1 fully saturated rings. The van der Waals surface area contributed by atoms with E-state index in [-0.39, 0.29) is 109 Å². The Kier molecular flexibility index (Phi) is 22.1. The fourth-order valence-corrected chi connectivity index (χ4v) is 9.61. The van der Waals surface area contributed by atoms with Crippen LogP contribution in [0.15, 0.2) is 48.6 Å². The van der Waals surface area contributed by atoms with Crippen molar-refractivity contribution < 1.29 is 52.9 Å². The van der Waals surface area contributed by atoms with E-state index < -0.39 is 52.7 Å². The minimum atomic E-state index is -1.22. The maximum absolute atomic E-state index is 13.9. The second kappa shape index (κ2) is 28.3. The van der Waals surface area contributed by atoms with Gasteiger partial charge in [0.25, 0.3) is 11.8 Å². The number of likely N-dealkylation sites (tertiary alicyclic amines) is 1. The van der Waals surface area contributed by atoms with Crippen LogP contribution in [0.4, 0.5) is 11.9 Å². The lowest BCUT2D eigenvalue weighted by Crippen LogP contribution is -2.37. The number of nitrogens with zero attached hydrogens (tertiary/aromatic N) is 10. The lowest BCUT2D eigenvalue weighted by molar-refractivity contribution is -0.140. The van der Waals surface area contributed by atoms with E-state index in [9.17, 15) is 38.4 Å². The van der Waals surface area contributed by atoms with Gasteiger partial charge in [0, 0.05) is 76.0 Å². The van der Waals surface area contributed by atoms with Crippen molar-refractivity contribution in [3.05, 3.63) is 82.5 Å². The number of hydrogen-bond acceptors (Lipinski definition) is 16. The number of imide groups is 1. The number of carboxylic acid groups (broad SMARTS) is 1. The van der Waals surface area contributed by atoms with Crippen LogP contribution >= 0.6 is 11.8 Å². The van der Waals surface area contributed by atoms with E-state index in [1.54, 1.807) is 63.7 Å². The van der Waals surface area contributed by atoms with Crippen LogP contribution < -0.4 is 37.3 Å². The normalized spacial score (nSPS) is 13.4. The first-order chi connectivity index (χ1) is 38.2. The highest BCUT2D eigenvalue weighted by Gasteiger charge is 2.39. The molecule has 0 radical (unpaired) electrons. The van der Waals surface area contributed by atoms with Crippen LogP contribution in [-0.2, 0) is 45.4 Å². The summed E-state index contributed by atoms with van der Waals surface area (Å²) in [4.78, 5) is 114. The van der Waals surface area contributed by atoms with Gasteiger partial charge in [0.15, 0.2) is 0 Å². The fraction of sp³-hybridized carbons (Fsp3) is 0.434. The van der Waals surface area contributed by atoms with E-state index in [1.807, 2.05) is 41.5 Å². The van der Waals surface area contributed by atoms with Gasteiger partial charge in [-0.3, -0.25) is 63.3 Å². The average Bonchev–Trinajstić information content (AvgIpc) is 4.32. The van der Waals surface area contributed by atoms with Crippen LogP contribution in [0.25, 0.3) is 22.1 Å². The predicted octanol–water partition coefficient (Wildman–Crippen LogP) is 4.35. The second-order valence-corrected chi connectivity index (χ2v) is 18.9. The number of aromatic nitrogens is 8. The number of carbonyl (C=O) groups is 8. The molecule has 5 heterocycles. The first kappa shape index (κ1) is 62.3. The molecular weight excluding hydrogens is 1050 g/mol. The predicted molar refractivity (Wildman–Crippen MR) is 302 cm³/mol. The van der Waals surface area contributed by atoms with E-state index in [0.29, 0.717) is 46.7 Å². The Hall–Kier alpha value is -8.59. The monoisotopic (exact) mass is 1130 g/mol. The number of nitrogens with two attached hydrogens (primary N) is 3. The molecule has 80 heavy (non-hydrogen) atoms. The number of imidazole rings is 2. The number of primary amides is 2. The maximum atomic E-state index is 13.9. The summed E-state index contributed by atoms with van der Waals surface area (Å²) in [7, 11) is 2.99. The number of allylic oxidation sites excluding steroid dienone is 2. The molecule has 4 aromatic heterocycles. The van der Waals surface area contributed by atoms with Crippen molar-refractivity contribution in [1.82, 2.24) is 48.5 Å². The highest BCUT2D eigenvalue weighted by molar-refractivity contribution is 8.00. The van der Waals surface area contributed by atoms with Crippen LogP contribution in [0.5, 0.6) is 11.5 Å². The molecule has 7 rings (SSSR count). The van der Waals surface area contributed by atoms with Crippen molar-refractivity contribution in [3.63, 3.8) is 0 Å². The van der Waals surface area contributed by atoms with Crippen molar-refractivity contribution in [2.24, 2.45) is 17.2 Å². The van der Waals surface area contributed by atoms with E-state index in [4.69, 9.17) is 36.8 Å². The fourth-order valence-electron chi connectivity index (χ4n) is 8.50. The lowest BCUT2D eigenvalue weighted by Gasteiger charge is -2.20. The van der Waals surface area contributed by atoms with Crippen molar-refractivity contribution in [1.29, 1.82) is 0 Å². The first-order valence-electron chi connectivity index (χ1n) is 26.1. The average molecular weight is 1130 g/mol. The summed E-state index contributed by atoms with van der Waals surface area (Å²) in [6, 6.07) is 8.01. The Morgan fingerprint density at radius 1 is 0.800 bits per heavy atom. The van der Waals surface area contributed by atoms with E-state index in [0.717, 1.165) is 16.7 Å². The van der Waals surface area contributed by atoms with Gasteiger partial charge in [0.05, 0.1) is 41.4 Å². The highest BCUT2D eigenvalue weighted by Crippen LogP contribution is 2.34. The largest absolute Gasteiger partial charge is 0.494 e. The van der Waals surface area contributed by atoms with Crippen LogP contribution in [0.1, 0.15) is 114 Å². The quantitative estimate of drug-likeness (QED) is 0.0264. The summed E-state index contributed by atoms with van der Waals surface area (Å²) in [6.07, 6.45) is 3.57. The van der Waals surface area contributed by atoms with Gasteiger partial charge in [-0.1, -0.05) is 39.8 Å². The van der Waals surface area contributed by atoms with Gasteiger partial charge in [-0.25, -0.2) is 9.97 Å². The Morgan fingerprint density at radius 3 is 1.75 bits per heavy atom. The van der Waals surface area contributed by atoms with E-state index >= 15 is 0 Å². The van der Waals surface area contributed by atoms with Crippen LogP contribution in [0.3, 0.4) is 0 Å². The Bertz CT molecular complexity index is 3300. The SMILES string of the molecule is CC.CC.CCn1nc(C)cc1C(=O)Nc1nc2cc(C(N)=O)cc(OC)c2n1C/C=C/Cn1c(NC(=O)c2cc(C)nn2CC)nc2cc(C(N)=O)cc(OCCCN(C)C(=O)CCN3C(=O)CC(SCC(N)C(=O)O)C3=O)c21. The number of ether oxygens (including phenoxy) is 2. The third-order valence-corrected chi connectivity index (χ3v) is 13.7. The van der Waals surface area contributed by atoms with Gasteiger partial charge in [-0.05, 0) is 70.5 Å². The molecule has 6 aromatic rings. The summed E-state index contributed by atoms with van der Waals surface area (Å²) in [5.74, 6) is -4.42. The summed E-state index contributed by atoms with van der Waals surface area (Å²) >= 11 is 0.992. The van der Waals surface area contributed by atoms with Crippen LogP contribution in [-0.4, -0.2) is 152 Å². The van der Waals surface area contributed by atoms with E-state index in [2.05, 4.69) is 25.8 Å². The molecule has 27 heteroatoms. The number of benzene rings is 2. The third-order valence-electron chi connectivity index (χ3n) is 12.3. The van der Waals surface area contributed by atoms with Gasteiger partial charge in [0.2, 0.25) is 41.4 Å². The standard InChI is InChI=1S/C49H59N15O11S.2C2H6/c1-7-63-33(18-26(3)57-63)44(69)55-48-53-31-20-28(42(51)67)22-35(74-6)40(31)61(48)14-9-10-15-62-41-32(54-49(62)56-45(70)34-19-27(4)58-64(34)8-2)21-29(43(52)68)23-36(41)75-17-11-13-59(5)38(65)12-16-60-39(66)24-37(46(60)71)76-25-30(50)47(72)73;2*1-2/h9-10,18-23,30,37H,7-8,11-17,24-25,50H2,1-6H3,(H2,51,67)(H2,52,68)(H,72,73)(H,53,55,69)(H,54,56,70);2*1-2H3/b10-9+;;. The number of rotatable bonds is 25. The van der Waals surface area contributed by atoms with Crippen LogP contribution in [0, 0.1) is 13.8 Å². The number of fused-ring (bicyclic) bond motifs is 2. The highest BCUT2D eigenvalue weighted by atomic mass is 32.2. The number of nitrogens with one attached hydrogen (secondary N) is 2.